The van der Waals surface area contributed by atoms with Gasteiger partial charge in [0, 0.05) is 5.41 Å². The van der Waals surface area contributed by atoms with Crippen molar-refractivity contribution in [2.24, 2.45) is 11.3 Å². The van der Waals surface area contributed by atoms with Gasteiger partial charge in [-0.1, -0.05) is 113 Å². The van der Waals surface area contributed by atoms with Crippen LogP contribution in [0.3, 0.4) is 0 Å². The molecule has 206 valence electrons. The van der Waals surface area contributed by atoms with E-state index in [0.717, 1.165) is 60.8 Å². The van der Waals surface area contributed by atoms with Crippen LogP contribution in [0.5, 0.6) is 11.5 Å². The summed E-state index contributed by atoms with van der Waals surface area (Å²) in [5, 5.41) is 22.7. The van der Waals surface area contributed by atoms with E-state index in [1.165, 1.54) is 17.5 Å². The zero-order valence-corrected chi connectivity index (χ0v) is 25.7. The summed E-state index contributed by atoms with van der Waals surface area (Å²) in [4.78, 5) is 0. The van der Waals surface area contributed by atoms with Crippen molar-refractivity contribution in [3.8, 4) is 11.5 Å². The molecule has 2 N–H and O–H groups in total. The molecule has 1 saturated carbocycles. The van der Waals surface area contributed by atoms with Crippen molar-refractivity contribution < 1.29 is 10.2 Å². The third kappa shape index (κ3) is 6.04. The molecule has 1 fully saturated rings. The largest absolute Gasteiger partial charge is 0.507 e. The highest BCUT2D eigenvalue weighted by atomic mass is 16.3. The molecular formula is C35H54O2. The molecule has 37 heavy (non-hydrogen) atoms. The lowest BCUT2D eigenvalue weighted by molar-refractivity contribution is 0.126. The lowest BCUT2D eigenvalue weighted by atomic mass is 9.54. The highest BCUT2D eigenvalue weighted by Gasteiger charge is 2.46. The average Bonchev–Trinajstić information content (AvgIpc) is 2.73. The quantitative estimate of drug-likeness (QED) is 0.409. The van der Waals surface area contributed by atoms with Gasteiger partial charge in [0.05, 0.1) is 0 Å². The van der Waals surface area contributed by atoms with E-state index < -0.39 is 0 Å². The Morgan fingerprint density at radius 3 is 1.46 bits per heavy atom. The van der Waals surface area contributed by atoms with E-state index in [-0.39, 0.29) is 21.7 Å². The van der Waals surface area contributed by atoms with Gasteiger partial charge >= 0.3 is 0 Å². The van der Waals surface area contributed by atoms with Gasteiger partial charge in [-0.2, -0.15) is 0 Å². The van der Waals surface area contributed by atoms with Gasteiger partial charge in [0.15, 0.2) is 0 Å². The first-order chi connectivity index (χ1) is 16.9. The van der Waals surface area contributed by atoms with Gasteiger partial charge in [0.1, 0.15) is 11.5 Å². The maximum atomic E-state index is 11.4. The minimum Gasteiger partial charge on any atom is -0.507 e. The summed E-state index contributed by atoms with van der Waals surface area (Å²) >= 11 is 0. The summed E-state index contributed by atoms with van der Waals surface area (Å²) in [5.74, 6) is 1.53. The maximum absolute atomic E-state index is 11.4. The number of rotatable bonds is 6. The molecule has 0 saturated heterocycles. The Hall–Kier alpha value is -1.96. The van der Waals surface area contributed by atoms with E-state index in [1.54, 1.807) is 0 Å². The van der Waals surface area contributed by atoms with E-state index in [4.69, 9.17) is 0 Å². The molecule has 3 rings (SSSR count). The van der Waals surface area contributed by atoms with Crippen molar-refractivity contribution in [1.82, 2.24) is 0 Å². The number of aryl methyl sites for hydroxylation is 2. The third-order valence-corrected chi connectivity index (χ3v) is 8.52. The highest BCUT2D eigenvalue weighted by Crippen LogP contribution is 2.56. The molecule has 1 unspecified atom stereocenters. The van der Waals surface area contributed by atoms with Crippen LogP contribution in [-0.4, -0.2) is 10.2 Å². The van der Waals surface area contributed by atoms with Crippen LogP contribution in [0, 0.1) is 11.3 Å². The molecule has 2 aromatic rings. The fourth-order valence-electron chi connectivity index (χ4n) is 7.18. The standard InChI is InChI=1S/C35H54O2/c1-12-14-24-16-26(18-28(30(24)36)32(4,5)6)35(21-23(3)20-34(10,11)22-35)27-17-25(15-13-2)31(37)29(19-27)33(7,8)9/h16-19,23,36-37H,12-15,20-22H2,1-11H3. The zero-order valence-electron chi connectivity index (χ0n) is 25.7. The van der Waals surface area contributed by atoms with Crippen LogP contribution in [0.4, 0.5) is 0 Å². The summed E-state index contributed by atoms with van der Waals surface area (Å²) in [7, 11) is 0. The van der Waals surface area contributed by atoms with Crippen LogP contribution in [0.25, 0.3) is 0 Å². The number of phenols is 2. The van der Waals surface area contributed by atoms with Crippen LogP contribution in [-0.2, 0) is 29.1 Å². The smallest absolute Gasteiger partial charge is 0.122 e. The highest BCUT2D eigenvalue weighted by molar-refractivity contribution is 5.56. The first-order valence-electron chi connectivity index (χ1n) is 14.7. The first kappa shape index (κ1) is 29.6. The van der Waals surface area contributed by atoms with E-state index >= 15 is 0 Å². The Kier molecular flexibility index (Phi) is 8.24. The normalized spacial score (nSPS) is 19.7. The molecule has 2 nitrogen and oxygen atoms in total. The summed E-state index contributed by atoms with van der Waals surface area (Å²) < 4.78 is 0. The maximum Gasteiger partial charge on any atom is 0.122 e. The van der Waals surface area contributed by atoms with Crippen LogP contribution in [0.2, 0.25) is 0 Å². The molecule has 0 bridgehead atoms. The van der Waals surface area contributed by atoms with Gasteiger partial charge in [-0.3, -0.25) is 0 Å². The molecular weight excluding hydrogens is 452 g/mol. The van der Waals surface area contributed by atoms with Crippen molar-refractivity contribution >= 4 is 0 Å². The fourth-order valence-corrected chi connectivity index (χ4v) is 7.18. The Balaban J connectivity index is 2.46. The second-order valence-electron chi connectivity index (χ2n) is 15.0. The molecule has 1 aliphatic carbocycles. The summed E-state index contributed by atoms with van der Waals surface area (Å²) in [5.41, 5.74) is 6.63. The van der Waals surface area contributed by atoms with Crippen molar-refractivity contribution in [1.29, 1.82) is 0 Å². The van der Waals surface area contributed by atoms with Crippen molar-refractivity contribution in [2.75, 3.05) is 0 Å². The SMILES string of the molecule is CCCc1cc(C2(c3cc(CCC)c(O)c(C(C)(C)C)c3)CC(C)CC(C)(C)C2)cc(C(C)(C)C)c1O. The van der Waals surface area contributed by atoms with Gasteiger partial charge in [-0.25, -0.2) is 0 Å². The van der Waals surface area contributed by atoms with E-state index in [1.807, 2.05) is 0 Å². The molecule has 2 aromatic carbocycles. The summed E-state index contributed by atoms with van der Waals surface area (Å²) in [6, 6.07) is 9.30. The van der Waals surface area contributed by atoms with Crippen molar-refractivity contribution in [3.63, 3.8) is 0 Å². The zero-order chi connectivity index (χ0) is 28.0. The molecule has 1 atom stereocenters. The predicted molar refractivity (Wildman–Crippen MR) is 159 cm³/mol. The van der Waals surface area contributed by atoms with Gasteiger partial charge < -0.3 is 10.2 Å². The average molecular weight is 507 g/mol. The number of hydrogen-bond donors (Lipinski definition) is 2. The minimum atomic E-state index is -0.173. The van der Waals surface area contributed by atoms with E-state index in [2.05, 4.69) is 100 Å². The monoisotopic (exact) mass is 506 g/mol. The Labute approximate surface area is 227 Å². The van der Waals surface area contributed by atoms with Gasteiger partial charge in [-0.15, -0.1) is 0 Å². The number of benzene rings is 2. The molecule has 0 spiro atoms. The Morgan fingerprint density at radius 2 is 1.14 bits per heavy atom. The summed E-state index contributed by atoms with van der Waals surface area (Å²) in [6.45, 7) is 24.9. The molecule has 1 aliphatic rings. The van der Waals surface area contributed by atoms with Crippen LogP contribution >= 0.6 is 0 Å². The second kappa shape index (κ2) is 10.3. The third-order valence-electron chi connectivity index (χ3n) is 8.52. The Bertz CT molecular complexity index is 1030. The van der Waals surface area contributed by atoms with Gasteiger partial charge in [-0.05, 0) is 87.6 Å². The van der Waals surface area contributed by atoms with Gasteiger partial charge in [0.2, 0.25) is 0 Å². The number of phenolic OH excluding ortho intramolecular Hbond substituents is 2. The Morgan fingerprint density at radius 1 is 0.730 bits per heavy atom. The van der Waals surface area contributed by atoms with Gasteiger partial charge in [0.25, 0.3) is 0 Å². The lowest BCUT2D eigenvalue weighted by Crippen LogP contribution is -2.41. The number of hydrogen-bond acceptors (Lipinski definition) is 2. The second-order valence-corrected chi connectivity index (χ2v) is 15.0. The lowest BCUT2D eigenvalue weighted by Gasteiger charge is -2.49. The molecule has 0 amide bonds. The minimum absolute atomic E-state index is 0.154. The van der Waals surface area contributed by atoms with Crippen LogP contribution in [0.15, 0.2) is 24.3 Å². The first-order valence-corrected chi connectivity index (χ1v) is 14.7. The predicted octanol–water partition coefficient (Wildman–Crippen LogP) is 9.73. The van der Waals surface area contributed by atoms with E-state index in [0.29, 0.717) is 17.4 Å². The van der Waals surface area contributed by atoms with Crippen molar-refractivity contribution in [3.05, 3.63) is 57.6 Å². The molecule has 0 heterocycles. The van der Waals surface area contributed by atoms with E-state index in [9.17, 15) is 10.2 Å². The van der Waals surface area contributed by atoms with Crippen LogP contribution in [0.1, 0.15) is 142 Å². The molecule has 0 aliphatic heterocycles. The van der Waals surface area contributed by atoms with Crippen molar-refractivity contribution in [2.45, 2.75) is 137 Å². The molecule has 2 heteroatoms. The van der Waals surface area contributed by atoms with Crippen LogP contribution < -0.4 is 0 Å². The topological polar surface area (TPSA) is 40.5 Å². The molecule has 0 radical (unpaired) electrons. The molecule has 0 aromatic heterocycles. The summed E-state index contributed by atoms with van der Waals surface area (Å²) in [6.07, 6.45) is 7.11. The number of aromatic hydroxyl groups is 2. The fraction of sp³-hybridized carbons (Fsp3) is 0.657.